The van der Waals surface area contributed by atoms with Crippen molar-refractivity contribution in [2.24, 2.45) is 0 Å². The van der Waals surface area contributed by atoms with E-state index >= 15 is 0 Å². The number of rotatable bonds is 7. The molecule has 0 saturated carbocycles. The first kappa shape index (κ1) is 45.9. The summed E-state index contributed by atoms with van der Waals surface area (Å²) in [4.78, 5) is 12.7. The molecule has 0 fully saturated rings. The number of aromatic nitrogens is 4. The predicted molar refractivity (Wildman–Crippen MR) is 319 cm³/mol. The van der Waals surface area contributed by atoms with Crippen LogP contribution in [0.5, 0.6) is 11.5 Å². The molecule has 0 radical (unpaired) electrons. The Bertz CT molecular complexity index is 4650. The van der Waals surface area contributed by atoms with Gasteiger partial charge in [0.1, 0.15) is 5.65 Å². The first-order valence-corrected chi connectivity index (χ1v) is 29.6. The SMILES string of the molecule is C[Si]1(C)c2ccc(Oc3[c-]c(-n4c5cc6c7c(c5c5cccnc54)N(c4ccccc4)c4cccc5c4B7c4c(cccc4N6c4ccccc4)N5c4ccccc4)ccc3)[c-]c2-n2[c-][n+](-c3ccccc3)c3cccc1c32.[Pt]. The van der Waals surface area contributed by atoms with E-state index in [0.717, 1.165) is 84.3 Å². The summed E-state index contributed by atoms with van der Waals surface area (Å²) in [6.07, 6.45) is 5.63. The van der Waals surface area contributed by atoms with Crippen LogP contribution in [-0.2, 0) is 21.1 Å². The fourth-order valence-electron chi connectivity index (χ4n) is 13.4. The molecule has 7 heterocycles. The van der Waals surface area contributed by atoms with Crippen LogP contribution in [-0.4, -0.2) is 28.9 Å². The van der Waals surface area contributed by atoms with Gasteiger partial charge in [0.05, 0.1) is 27.9 Å². The normalized spacial score (nSPS) is 13.8. The Morgan fingerprint density at radius 3 is 1.77 bits per heavy atom. The zero-order chi connectivity index (χ0) is 51.4. The molecule has 0 atom stereocenters. The molecule has 0 bridgehead atoms. The number of ether oxygens (including phenoxy) is 1. The van der Waals surface area contributed by atoms with Crippen LogP contribution in [0.2, 0.25) is 13.1 Å². The van der Waals surface area contributed by atoms with Crippen LogP contribution >= 0.6 is 0 Å². The molecular weight excluding hydrogens is 1160 g/mol. The summed E-state index contributed by atoms with van der Waals surface area (Å²) in [5, 5.41) is 4.84. The second kappa shape index (κ2) is 17.1. The Morgan fingerprint density at radius 2 is 1.10 bits per heavy atom. The monoisotopic (exact) mass is 1210 g/mol. The summed E-state index contributed by atoms with van der Waals surface area (Å²) < 4.78 is 13.6. The van der Waals surface area contributed by atoms with E-state index in [0.29, 0.717) is 11.5 Å². The van der Waals surface area contributed by atoms with Gasteiger partial charge in [-0.15, -0.1) is 35.5 Å². The van der Waals surface area contributed by atoms with E-state index in [-0.39, 0.29) is 27.8 Å². The fraction of sp³-hybridized carbons (Fsp3) is 0.0294. The van der Waals surface area contributed by atoms with E-state index in [2.05, 4.69) is 278 Å². The second-order valence-electron chi connectivity index (χ2n) is 21.1. The molecule has 8 nitrogen and oxygen atoms in total. The van der Waals surface area contributed by atoms with Gasteiger partial charge in [0.15, 0.2) is 0 Å². The largest absolute Gasteiger partial charge is 0.510 e. The number of hydrogen-bond donors (Lipinski definition) is 0. The molecule has 376 valence electrons. The third-order valence-electron chi connectivity index (χ3n) is 16.6. The third kappa shape index (κ3) is 6.41. The smallest absolute Gasteiger partial charge is 0.268 e. The van der Waals surface area contributed by atoms with Gasteiger partial charge in [-0.05, 0) is 113 Å². The Balaban J connectivity index is 0.00000520. The maximum Gasteiger partial charge on any atom is 0.268 e. The van der Waals surface area contributed by atoms with Crippen molar-refractivity contribution in [3.8, 4) is 28.6 Å². The maximum atomic E-state index is 6.91. The van der Waals surface area contributed by atoms with Crippen LogP contribution < -0.4 is 50.8 Å². The molecule has 4 aliphatic heterocycles. The van der Waals surface area contributed by atoms with Gasteiger partial charge in [-0.1, -0.05) is 127 Å². The molecule has 17 rings (SSSR count). The van der Waals surface area contributed by atoms with Crippen molar-refractivity contribution in [1.29, 1.82) is 0 Å². The molecular formula is C68H44BN7OPtSi-2. The zero-order valence-corrected chi connectivity index (χ0v) is 46.1. The van der Waals surface area contributed by atoms with Gasteiger partial charge in [-0.25, -0.2) is 4.98 Å². The van der Waals surface area contributed by atoms with Crippen molar-refractivity contribution in [3.05, 3.63) is 249 Å². The van der Waals surface area contributed by atoms with Gasteiger partial charge >= 0.3 is 0 Å². The van der Waals surface area contributed by atoms with Gasteiger partial charge in [-0.3, -0.25) is 4.57 Å². The second-order valence-corrected chi connectivity index (χ2v) is 25.4. The van der Waals surface area contributed by atoms with E-state index in [4.69, 9.17) is 9.72 Å². The summed E-state index contributed by atoms with van der Waals surface area (Å²) in [5.41, 5.74) is 21.0. The summed E-state index contributed by atoms with van der Waals surface area (Å²) in [6.45, 7) is 4.78. The van der Waals surface area contributed by atoms with E-state index in [1.54, 1.807) is 0 Å². The minimum absolute atomic E-state index is 0. The summed E-state index contributed by atoms with van der Waals surface area (Å²) >= 11 is 0. The minimum Gasteiger partial charge on any atom is -0.510 e. The number of anilines is 9. The Morgan fingerprint density at radius 1 is 0.519 bits per heavy atom. The zero-order valence-electron chi connectivity index (χ0n) is 42.9. The first-order valence-electron chi connectivity index (χ1n) is 26.6. The molecule has 0 aliphatic carbocycles. The number of imidazole rings is 1. The number of hydrogen-bond acceptors (Lipinski definition) is 5. The number of para-hydroxylation sites is 5. The molecule has 11 heteroatoms. The average Bonchev–Trinajstić information content (AvgIpc) is 2.37. The number of nitrogens with zero attached hydrogens (tertiary/aromatic N) is 7. The summed E-state index contributed by atoms with van der Waals surface area (Å²) in [6, 6.07) is 88.1. The van der Waals surface area contributed by atoms with Crippen LogP contribution in [0.25, 0.3) is 50.0 Å². The summed E-state index contributed by atoms with van der Waals surface area (Å²) in [5.74, 6) is 1.19. The maximum absolute atomic E-state index is 6.91. The van der Waals surface area contributed by atoms with Gasteiger partial charge in [0, 0.05) is 103 Å². The van der Waals surface area contributed by atoms with Gasteiger partial charge in [-0.2, -0.15) is 12.1 Å². The fourth-order valence-corrected chi connectivity index (χ4v) is 16.3. The molecule has 3 aromatic heterocycles. The van der Waals surface area contributed by atoms with E-state index in [9.17, 15) is 0 Å². The van der Waals surface area contributed by atoms with Crippen LogP contribution in [0.4, 0.5) is 51.2 Å². The number of benzene rings is 10. The quantitative estimate of drug-likeness (QED) is 0.0904. The third-order valence-corrected chi connectivity index (χ3v) is 20.1. The molecule has 0 spiro atoms. The number of fused-ring (bicyclic) bond motifs is 6. The van der Waals surface area contributed by atoms with E-state index in [1.807, 2.05) is 12.3 Å². The van der Waals surface area contributed by atoms with Crippen molar-refractivity contribution in [2.45, 2.75) is 13.1 Å². The Labute approximate surface area is 472 Å². The van der Waals surface area contributed by atoms with Crippen LogP contribution in [0.15, 0.2) is 231 Å². The molecule has 10 aromatic carbocycles. The van der Waals surface area contributed by atoms with Gasteiger partial charge in [0.25, 0.3) is 13.0 Å². The van der Waals surface area contributed by atoms with Crippen LogP contribution in [0, 0.1) is 18.5 Å². The Kier molecular flexibility index (Phi) is 9.97. The molecule has 0 amide bonds. The summed E-state index contributed by atoms with van der Waals surface area (Å²) in [7, 11) is -2.16. The van der Waals surface area contributed by atoms with Gasteiger partial charge in [0.2, 0.25) is 0 Å². The van der Waals surface area contributed by atoms with Crippen LogP contribution in [0.3, 0.4) is 0 Å². The van der Waals surface area contributed by atoms with E-state index in [1.165, 1.54) is 43.7 Å². The molecule has 0 unspecified atom stereocenters. The molecule has 4 aliphatic rings. The minimum atomic E-state index is -2.16. The van der Waals surface area contributed by atoms with E-state index < -0.39 is 8.07 Å². The molecule has 13 aromatic rings. The molecule has 0 saturated heterocycles. The van der Waals surface area contributed by atoms with Crippen LogP contribution in [0.1, 0.15) is 0 Å². The average molecular weight is 1210 g/mol. The van der Waals surface area contributed by atoms with Crippen molar-refractivity contribution in [1.82, 2.24) is 14.1 Å². The standard InChI is InChI=1S/C68H44BN7OSi.Pt/c1-78(2)60-38-37-50(41-57(60)72-43-71(44-20-7-3-8-21-44)56-35-18-36-61(78)66(56)72)77-49-29-15-28-48(40-49)76-58-42-59-65-67(62(58)51-30-19-39-70-68(51)76)75(47-26-13-6-14-27-47)55-34-17-32-53-64(55)69(65)63-52(73(53)45-22-9-4-10-23-45)31-16-33-54(63)74(59)46-24-11-5-12-25-46;/h3-39,42H,1-2H3;/q-2;. The van der Waals surface area contributed by atoms with Crippen molar-refractivity contribution >= 4 is 126 Å². The van der Waals surface area contributed by atoms with Gasteiger partial charge < -0.3 is 28.6 Å². The molecule has 79 heavy (non-hydrogen) atoms. The predicted octanol–water partition coefficient (Wildman–Crippen LogP) is 12.6. The Hall–Kier alpha value is -9.21. The van der Waals surface area contributed by atoms with Crippen molar-refractivity contribution < 1.29 is 30.4 Å². The van der Waals surface area contributed by atoms with Crippen molar-refractivity contribution in [2.75, 3.05) is 14.7 Å². The van der Waals surface area contributed by atoms with Crippen molar-refractivity contribution in [3.63, 3.8) is 0 Å². The topological polar surface area (TPSA) is 45.6 Å². The molecule has 0 N–H and O–H groups in total. The first-order chi connectivity index (χ1) is 38.5. The number of pyridine rings is 1.